The highest BCUT2D eigenvalue weighted by Crippen LogP contribution is 2.33. The summed E-state index contributed by atoms with van der Waals surface area (Å²) in [5, 5.41) is 31.7. The van der Waals surface area contributed by atoms with Crippen LogP contribution < -0.4 is 0 Å². The van der Waals surface area contributed by atoms with Crippen molar-refractivity contribution in [1.29, 1.82) is 0 Å². The first-order valence-electron chi connectivity index (χ1n) is 5.06. The molecule has 0 saturated carbocycles. The summed E-state index contributed by atoms with van der Waals surface area (Å²) in [5.41, 5.74) is 0.160. The van der Waals surface area contributed by atoms with Gasteiger partial charge in [-0.1, -0.05) is 6.58 Å². The Morgan fingerprint density at radius 2 is 2.32 bits per heavy atom. The molecule has 19 heavy (non-hydrogen) atoms. The molecule has 0 aliphatic heterocycles. The maximum atomic E-state index is 10.7. The molecule has 1 aromatic heterocycles. The monoisotopic (exact) mass is 279 g/mol. The molecule has 98 valence electrons. The summed E-state index contributed by atoms with van der Waals surface area (Å²) in [6.45, 7) is 3.40. The van der Waals surface area contributed by atoms with Gasteiger partial charge in [0.15, 0.2) is 0 Å². The van der Waals surface area contributed by atoms with Crippen LogP contribution >= 0.6 is 11.8 Å². The summed E-state index contributed by atoms with van der Waals surface area (Å²) >= 11 is 1.18. The van der Waals surface area contributed by atoms with Crippen molar-refractivity contribution in [2.24, 2.45) is 7.05 Å². The lowest BCUT2D eigenvalue weighted by atomic mass is 10.2. The molecule has 0 radical (unpaired) electrons. The first-order chi connectivity index (χ1) is 8.99. The van der Waals surface area contributed by atoms with Crippen molar-refractivity contribution in [3.8, 4) is 0 Å². The molecule has 8 nitrogen and oxygen atoms in total. The molecule has 2 aromatic rings. The molecule has 2 rings (SSSR count). The molecule has 0 atom stereocenters. The Bertz CT molecular complexity index is 654. The lowest BCUT2D eigenvalue weighted by Gasteiger charge is -2.06. The molecule has 9 heteroatoms. The second kappa shape index (κ2) is 5.06. The van der Waals surface area contributed by atoms with Crippen LogP contribution in [0.5, 0.6) is 0 Å². The van der Waals surface area contributed by atoms with Crippen LogP contribution in [0, 0.1) is 10.1 Å². The molecule has 0 aliphatic rings. The Morgan fingerprint density at radius 1 is 1.58 bits per heavy atom. The van der Waals surface area contributed by atoms with E-state index in [-0.39, 0.29) is 17.0 Å². The van der Waals surface area contributed by atoms with Crippen LogP contribution in [0.4, 0.5) is 5.69 Å². The number of aryl methyl sites for hydroxylation is 1. The van der Waals surface area contributed by atoms with Gasteiger partial charge in [0, 0.05) is 29.6 Å². The summed E-state index contributed by atoms with van der Waals surface area (Å²) in [5.74, 6) is -0.249. The van der Waals surface area contributed by atoms with Gasteiger partial charge >= 0.3 is 0 Å². The fourth-order valence-corrected chi connectivity index (χ4v) is 2.22. The first kappa shape index (κ1) is 13.0. The predicted molar refractivity (Wildman–Crippen MR) is 67.7 cm³/mol. The SMILES string of the molecule is C=C(O)c1cc([N+](=O)[O-])ccc1Sc1nnnn1C. The van der Waals surface area contributed by atoms with Crippen molar-refractivity contribution in [2.45, 2.75) is 10.1 Å². The Balaban J connectivity index is 2.43. The van der Waals surface area contributed by atoms with E-state index in [2.05, 4.69) is 22.1 Å². The van der Waals surface area contributed by atoms with Crippen LogP contribution in [0.25, 0.3) is 5.76 Å². The lowest BCUT2D eigenvalue weighted by molar-refractivity contribution is -0.384. The molecule has 1 N–H and O–H groups in total. The zero-order chi connectivity index (χ0) is 14.0. The summed E-state index contributed by atoms with van der Waals surface area (Å²) in [6.07, 6.45) is 0. The number of hydrogen-bond acceptors (Lipinski definition) is 7. The second-order valence-electron chi connectivity index (χ2n) is 3.57. The quantitative estimate of drug-likeness (QED) is 0.516. The van der Waals surface area contributed by atoms with Crippen molar-refractivity contribution >= 4 is 23.2 Å². The number of hydrogen-bond donors (Lipinski definition) is 1. The van der Waals surface area contributed by atoms with Crippen LogP contribution in [-0.4, -0.2) is 30.2 Å². The number of nitro groups is 1. The Morgan fingerprint density at radius 3 is 2.84 bits per heavy atom. The van der Waals surface area contributed by atoms with Crippen molar-refractivity contribution in [2.75, 3.05) is 0 Å². The highest BCUT2D eigenvalue weighted by molar-refractivity contribution is 7.99. The molecule has 0 bridgehead atoms. The highest BCUT2D eigenvalue weighted by Gasteiger charge is 2.15. The van der Waals surface area contributed by atoms with Gasteiger partial charge in [-0.25, -0.2) is 4.68 Å². The summed E-state index contributed by atoms with van der Waals surface area (Å²) < 4.78 is 1.45. The molecule has 0 aliphatic carbocycles. The van der Waals surface area contributed by atoms with Crippen molar-refractivity contribution in [3.05, 3.63) is 40.5 Å². The fourth-order valence-electron chi connectivity index (χ4n) is 1.35. The number of aliphatic hydroxyl groups excluding tert-OH is 1. The third-order valence-corrected chi connectivity index (χ3v) is 3.37. The van der Waals surface area contributed by atoms with Crippen molar-refractivity contribution in [3.63, 3.8) is 0 Å². The Kier molecular flexibility index (Phi) is 3.47. The van der Waals surface area contributed by atoms with Gasteiger partial charge in [-0.05, 0) is 28.3 Å². The van der Waals surface area contributed by atoms with E-state index in [1.54, 1.807) is 7.05 Å². The first-order valence-corrected chi connectivity index (χ1v) is 5.87. The highest BCUT2D eigenvalue weighted by atomic mass is 32.2. The minimum Gasteiger partial charge on any atom is -0.508 e. The number of non-ortho nitro benzene ring substituents is 1. The number of aromatic nitrogens is 4. The largest absolute Gasteiger partial charge is 0.508 e. The van der Waals surface area contributed by atoms with E-state index < -0.39 is 4.92 Å². The minimum atomic E-state index is -0.537. The number of rotatable bonds is 4. The van der Waals surface area contributed by atoms with E-state index in [1.807, 2.05) is 0 Å². The van der Waals surface area contributed by atoms with Gasteiger partial charge in [0.1, 0.15) is 5.76 Å². The smallest absolute Gasteiger partial charge is 0.270 e. The van der Waals surface area contributed by atoms with Crippen molar-refractivity contribution in [1.82, 2.24) is 20.2 Å². The molecular formula is C10H9N5O3S. The van der Waals surface area contributed by atoms with Gasteiger partial charge in [0.05, 0.1) is 4.92 Å². The molecule has 0 unspecified atom stereocenters. The Hall–Kier alpha value is -2.42. The van der Waals surface area contributed by atoms with Crippen LogP contribution in [0.2, 0.25) is 0 Å². The molecule has 1 aromatic carbocycles. The maximum Gasteiger partial charge on any atom is 0.270 e. The number of tetrazole rings is 1. The van der Waals surface area contributed by atoms with Gasteiger partial charge < -0.3 is 5.11 Å². The molecule has 0 amide bonds. The topological polar surface area (TPSA) is 107 Å². The molecule has 1 heterocycles. The maximum absolute atomic E-state index is 10.7. The van der Waals surface area contributed by atoms with Gasteiger partial charge in [-0.2, -0.15) is 0 Å². The average Bonchev–Trinajstić information content (AvgIpc) is 2.75. The fraction of sp³-hybridized carbons (Fsp3) is 0.100. The minimum absolute atomic E-state index is 0.120. The normalized spacial score (nSPS) is 10.4. The number of nitrogens with zero attached hydrogens (tertiary/aromatic N) is 5. The van der Waals surface area contributed by atoms with Crippen LogP contribution in [0.3, 0.4) is 0 Å². The van der Waals surface area contributed by atoms with Gasteiger partial charge in [0.2, 0.25) is 5.16 Å². The molecular weight excluding hydrogens is 270 g/mol. The third kappa shape index (κ3) is 2.71. The van der Waals surface area contributed by atoms with Crippen LogP contribution in [0.15, 0.2) is 34.8 Å². The zero-order valence-electron chi connectivity index (χ0n) is 9.85. The molecule has 0 saturated heterocycles. The summed E-state index contributed by atoms with van der Waals surface area (Å²) in [6, 6.07) is 4.13. The summed E-state index contributed by atoms with van der Waals surface area (Å²) in [7, 11) is 1.67. The van der Waals surface area contributed by atoms with Gasteiger partial charge in [-0.15, -0.1) is 5.10 Å². The average molecular weight is 279 g/mol. The third-order valence-electron chi connectivity index (χ3n) is 2.27. The standard InChI is InChI=1S/C10H9N5O3S/c1-6(16)8-5-7(15(17)18)3-4-9(8)19-10-11-12-13-14(10)2/h3-5,16H,1H2,2H3. The number of aliphatic hydroxyl groups is 1. The molecule has 0 fully saturated rings. The van der Waals surface area contributed by atoms with Crippen LogP contribution in [0.1, 0.15) is 5.56 Å². The Labute approximate surface area is 111 Å². The van der Waals surface area contributed by atoms with E-state index in [0.29, 0.717) is 10.1 Å². The van der Waals surface area contributed by atoms with Gasteiger partial charge in [-0.3, -0.25) is 10.1 Å². The lowest BCUT2D eigenvalue weighted by Crippen LogP contribution is -1.95. The number of nitro benzene ring substituents is 1. The number of benzene rings is 1. The van der Waals surface area contributed by atoms with E-state index in [0.717, 1.165) is 0 Å². The van der Waals surface area contributed by atoms with Crippen LogP contribution in [-0.2, 0) is 7.05 Å². The van der Waals surface area contributed by atoms with E-state index >= 15 is 0 Å². The van der Waals surface area contributed by atoms with Gasteiger partial charge in [0.25, 0.3) is 5.69 Å². The van der Waals surface area contributed by atoms with E-state index in [1.165, 1.54) is 34.6 Å². The van der Waals surface area contributed by atoms with Crippen molar-refractivity contribution < 1.29 is 10.0 Å². The molecule has 0 spiro atoms. The predicted octanol–water partition coefficient (Wildman–Crippen LogP) is 1.80. The van der Waals surface area contributed by atoms with E-state index in [4.69, 9.17) is 0 Å². The second-order valence-corrected chi connectivity index (χ2v) is 4.58. The summed E-state index contributed by atoms with van der Waals surface area (Å²) in [4.78, 5) is 10.8. The zero-order valence-corrected chi connectivity index (χ0v) is 10.7. The van der Waals surface area contributed by atoms with E-state index in [9.17, 15) is 15.2 Å².